The fraction of sp³-hybridized carbons (Fsp3) is 0.333. The molecule has 4 heterocycles. The SMILES string of the molecule is Nc1nc2cc(C(=O)N3CCOC[C@@H]3c3ccc(C(F)(F)F)cc3)[nH]c2c2c1COC2. The summed E-state index contributed by atoms with van der Waals surface area (Å²) >= 11 is 0. The van der Waals surface area contributed by atoms with Gasteiger partial charge < -0.3 is 25.1 Å². The van der Waals surface area contributed by atoms with Crippen LogP contribution in [0, 0.1) is 0 Å². The Balaban J connectivity index is 1.47. The first-order valence-electron chi connectivity index (χ1n) is 9.76. The number of nitrogens with two attached hydrogens (primary N) is 1. The summed E-state index contributed by atoms with van der Waals surface area (Å²) in [6.45, 7) is 1.63. The van der Waals surface area contributed by atoms with Gasteiger partial charge in [0.2, 0.25) is 0 Å². The quantitative estimate of drug-likeness (QED) is 0.648. The lowest BCUT2D eigenvalue weighted by molar-refractivity contribution is -0.137. The molecule has 1 atom stereocenters. The molecule has 7 nitrogen and oxygen atoms in total. The highest BCUT2D eigenvalue weighted by Gasteiger charge is 2.33. The van der Waals surface area contributed by atoms with E-state index in [0.717, 1.165) is 23.3 Å². The lowest BCUT2D eigenvalue weighted by Gasteiger charge is -2.35. The molecule has 10 heteroatoms. The number of hydrogen-bond donors (Lipinski definition) is 2. The van der Waals surface area contributed by atoms with Crippen molar-refractivity contribution in [2.24, 2.45) is 0 Å². The molecule has 3 aromatic rings. The third-order valence-electron chi connectivity index (χ3n) is 5.75. The Morgan fingerprint density at radius 3 is 2.65 bits per heavy atom. The number of nitrogens with one attached hydrogen (secondary N) is 1. The molecule has 0 bridgehead atoms. The first-order chi connectivity index (χ1) is 14.8. The molecule has 162 valence electrons. The zero-order chi connectivity index (χ0) is 21.8. The first-order valence-corrected chi connectivity index (χ1v) is 9.76. The van der Waals surface area contributed by atoms with Crippen molar-refractivity contribution in [3.63, 3.8) is 0 Å². The van der Waals surface area contributed by atoms with Crippen LogP contribution in [0.4, 0.5) is 19.0 Å². The maximum atomic E-state index is 13.3. The molecule has 0 spiro atoms. The van der Waals surface area contributed by atoms with E-state index in [0.29, 0.717) is 54.5 Å². The standard InChI is InChI=1S/C21H19F3N4O3/c22-21(23,24)12-3-1-11(2-4-12)17-10-30-6-5-28(17)20(29)16-7-15-18(26-16)13-8-31-9-14(13)19(25)27-15/h1-4,7,17,26H,5-6,8-10H2,(H2,25,27)/t17-/m1/s1. The fourth-order valence-electron chi connectivity index (χ4n) is 4.13. The van der Waals surface area contributed by atoms with Crippen LogP contribution in [0.1, 0.15) is 38.8 Å². The van der Waals surface area contributed by atoms with Crippen molar-refractivity contribution in [3.8, 4) is 0 Å². The largest absolute Gasteiger partial charge is 0.416 e. The van der Waals surface area contributed by atoms with E-state index in [1.165, 1.54) is 12.1 Å². The number of nitrogens with zero attached hydrogens (tertiary/aromatic N) is 2. The summed E-state index contributed by atoms with van der Waals surface area (Å²) in [6.07, 6.45) is -4.42. The molecule has 3 N–H and O–H groups in total. The summed E-state index contributed by atoms with van der Waals surface area (Å²) < 4.78 is 49.7. The summed E-state index contributed by atoms with van der Waals surface area (Å²) in [5, 5.41) is 0. The second-order valence-corrected chi connectivity index (χ2v) is 7.60. The number of carbonyl (C=O) groups excluding carboxylic acids is 1. The van der Waals surface area contributed by atoms with E-state index >= 15 is 0 Å². The fourth-order valence-corrected chi connectivity index (χ4v) is 4.13. The Morgan fingerprint density at radius 2 is 1.90 bits per heavy atom. The zero-order valence-corrected chi connectivity index (χ0v) is 16.3. The highest BCUT2D eigenvalue weighted by Crippen LogP contribution is 2.34. The van der Waals surface area contributed by atoms with E-state index in [2.05, 4.69) is 9.97 Å². The number of anilines is 1. The van der Waals surface area contributed by atoms with E-state index < -0.39 is 17.8 Å². The van der Waals surface area contributed by atoms with E-state index in [4.69, 9.17) is 15.2 Å². The van der Waals surface area contributed by atoms with Crippen LogP contribution in [-0.4, -0.2) is 40.5 Å². The number of aromatic amines is 1. The van der Waals surface area contributed by atoms with Gasteiger partial charge in [0, 0.05) is 17.7 Å². The number of ether oxygens (including phenoxy) is 2. The number of benzene rings is 1. The molecule has 1 fully saturated rings. The Labute approximate surface area is 174 Å². The molecule has 0 aliphatic carbocycles. The van der Waals surface area contributed by atoms with Crippen LogP contribution in [0.2, 0.25) is 0 Å². The summed E-state index contributed by atoms with van der Waals surface area (Å²) in [5.41, 5.74) is 9.19. The molecule has 1 aromatic carbocycles. The predicted octanol–water partition coefficient (Wildman–Crippen LogP) is 3.41. The average Bonchev–Trinajstić information content (AvgIpc) is 3.40. The number of halogens is 3. The molecular formula is C21H19F3N4O3. The molecular weight excluding hydrogens is 413 g/mol. The van der Waals surface area contributed by atoms with Crippen LogP contribution in [0.15, 0.2) is 30.3 Å². The number of morpholine rings is 1. The molecule has 0 unspecified atom stereocenters. The summed E-state index contributed by atoms with van der Waals surface area (Å²) in [4.78, 5) is 22.5. The third-order valence-corrected chi connectivity index (χ3v) is 5.75. The van der Waals surface area contributed by atoms with Crippen molar-refractivity contribution >= 4 is 22.8 Å². The minimum atomic E-state index is -4.42. The van der Waals surface area contributed by atoms with Gasteiger partial charge in [0.15, 0.2) is 0 Å². The van der Waals surface area contributed by atoms with Crippen molar-refractivity contribution in [2.45, 2.75) is 25.4 Å². The number of aromatic nitrogens is 2. The number of nitrogen functional groups attached to an aromatic ring is 1. The topological polar surface area (TPSA) is 93.5 Å². The molecule has 1 amide bonds. The van der Waals surface area contributed by atoms with Crippen LogP contribution in [0.3, 0.4) is 0 Å². The monoisotopic (exact) mass is 432 g/mol. The lowest BCUT2D eigenvalue weighted by atomic mass is 10.0. The van der Waals surface area contributed by atoms with Crippen molar-refractivity contribution in [1.29, 1.82) is 0 Å². The lowest BCUT2D eigenvalue weighted by Crippen LogP contribution is -2.43. The van der Waals surface area contributed by atoms with Crippen molar-refractivity contribution in [2.75, 3.05) is 25.5 Å². The average molecular weight is 432 g/mol. The molecule has 1 saturated heterocycles. The van der Waals surface area contributed by atoms with Crippen molar-refractivity contribution < 1.29 is 27.4 Å². The van der Waals surface area contributed by atoms with E-state index in [9.17, 15) is 18.0 Å². The summed E-state index contributed by atoms with van der Waals surface area (Å²) in [7, 11) is 0. The maximum absolute atomic E-state index is 13.3. The molecule has 2 aliphatic rings. The van der Waals surface area contributed by atoms with E-state index in [1.54, 1.807) is 11.0 Å². The van der Waals surface area contributed by atoms with Gasteiger partial charge in [-0.3, -0.25) is 4.79 Å². The van der Waals surface area contributed by atoms with Crippen molar-refractivity contribution in [1.82, 2.24) is 14.9 Å². The van der Waals surface area contributed by atoms with Crippen LogP contribution < -0.4 is 5.73 Å². The Kier molecular flexibility index (Phi) is 4.63. The summed E-state index contributed by atoms with van der Waals surface area (Å²) in [6, 6.07) is 5.96. The molecule has 2 aliphatic heterocycles. The number of hydrogen-bond acceptors (Lipinski definition) is 5. The Hall–Kier alpha value is -3.11. The molecule has 5 rings (SSSR count). The maximum Gasteiger partial charge on any atom is 0.416 e. The first kappa shape index (κ1) is 19.8. The van der Waals surface area contributed by atoms with Gasteiger partial charge in [-0.2, -0.15) is 13.2 Å². The second-order valence-electron chi connectivity index (χ2n) is 7.60. The van der Waals surface area contributed by atoms with Gasteiger partial charge in [-0.05, 0) is 23.8 Å². The van der Waals surface area contributed by atoms with Gasteiger partial charge in [0.1, 0.15) is 11.5 Å². The van der Waals surface area contributed by atoms with E-state index in [-0.39, 0.29) is 12.5 Å². The van der Waals surface area contributed by atoms with Gasteiger partial charge in [0.25, 0.3) is 5.91 Å². The highest BCUT2D eigenvalue weighted by atomic mass is 19.4. The normalized spacial score (nSPS) is 19.1. The smallest absolute Gasteiger partial charge is 0.383 e. The van der Waals surface area contributed by atoms with Crippen LogP contribution >= 0.6 is 0 Å². The van der Waals surface area contributed by atoms with Gasteiger partial charge >= 0.3 is 6.18 Å². The van der Waals surface area contributed by atoms with Crippen LogP contribution in [-0.2, 0) is 28.9 Å². The number of alkyl halides is 3. The van der Waals surface area contributed by atoms with Gasteiger partial charge in [-0.25, -0.2) is 4.98 Å². The Morgan fingerprint density at radius 1 is 1.16 bits per heavy atom. The number of H-pyrrole nitrogens is 1. The van der Waals surface area contributed by atoms with Gasteiger partial charge in [-0.1, -0.05) is 12.1 Å². The van der Waals surface area contributed by atoms with E-state index in [1.807, 2.05) is 0 Å². The number of carbonyl (C=O) groups is 1. The minimum Gasteiger partial charge on any atom is -0.383 e. The van der Waals surface area contributed by atoms with Gasteiger partial charge in [0.05, 0.1) is 49.1 Å². The predicted molar refractivity (Wildman–Crippen MR) is 105 cm³/mol. The Bertz CT molecular complexity index is 1160. The molecule has 31 heavy (non-hydrogen) atoms. The minimum absolute atomic E-state index is 0.200. The molecule has 0 saturated carbocycles. The van der Waals surface area contributed by atoms with Crippen LogP contribution in [0.5, 0.6) is 0 Å². The van der Waals surface area contributed by atoms with Crippen molar-refractivity contribution in [3.05, 3.63) is 58.3 Å². The third kappa shape index (κ3) is 3.41. The number of pyridine rings is 1. The number of rotatable bonds is 2. The van der Waals surface area contributed by atoms with Gasteiger partial charge in [-0.15, -0.1) is 0 Å². The number of fused-ring (bicyclic) bond motifs is 3. The highest BCUT2D eigenvalue weighted by molar-refractivity contribution is 5.98. The molecule has 2 aromatic heterocycles. The zero-order valence-electron chi connectivity index (χ0n) is 16.3. The number of amides is 1. The van der Waals surface area contributed by atoms with Crippen LogP contribution in [0.25, 0.3) is 11.0 Å². The summed E-state index contributed by atoms with van der Waals surface area (Å²) in [5.74, 6) is 0.101. The second kappa shape index (κ2) is 7.24. The molecule has 0 radical (unpaired) electrons.